The third kappa shape index (κ3) is 6.11. The Kier molecular flexibility index (Phi) is 8.32. The highest BCUT2D eigenvalue weighted by molar-refractivity contribution is 6.35. The van der Waals surface area contributed by atoms with Crippen LogP contribution in [0.15, 0.2) is 47.4 Å². The maximum absolute atomic E-state index is 13.5. The summed E-state index contributed by atoms with van der Waals surface area (Å²) in [6, 6.07) is 11.3. The molecule has 1 unspecified atom stereocenters. The van der Waals surface area contributed by atoms with E-state index in [-0.39, 0.29) is 28.0 Å². The maximum Gasteiger partial charge on any atom is 0.318 e. The summed E-state index contributed by atoms with van der Waals surface area (Å²) in [6.45, 7) is 5.40. The minimum absolute atomic E-state index is 0.126. The molecule has 2 aromatic heterocycles. The van der Waals surface area contributed by atoms with Crippen molar-refractivity contribution in [3.63, 3.8) is 0 Å². The second-order valence-corrected chi connectivity index (χ2v) is 10.5. The molecule has 0 spiro atoms. The Morgan fingerprint density at radius 2 is 1.95 bits per heavy atom. The van der Waals surface area contributed by atoms with Gasteiger partial charge in [0.15, 0.2) is 0 Å². The minimum atomic E-state index is -0.468. The molecule has 3 N–H and O–H groups in total. The van der Waals surface area contributed by atoms with E-state index in [9.17, 15) is 9.59 Å². The number of carbonyl (C=O) groups is 1. The highest BCUT2D eigenvalue weighted by Crippen LogP contribution is 2.37. The molecule has 0 bridgehead atoms. The van der Waals surface area contributed by atoms with Crippen molar-refractivity contribution in [3.05, 3.63) is 74.7 Å². The van der Waals surface area contributed by atoms with Crippen LogP contribution in [-0.2, 0) is 0 Å². The van der Waals surface area contributed by atoms with Crippen LogP contribution in [0.2, 0.25) is 5.02 Å². The quantitative estimate of drug-likeness (QED) is 0.262. The summed E-state index contributed by atoms with van der Waals surface area (Å²) < 4.78 is 11.5. The first-order valence-electron chi connectivity index (χ1n) is 13.3. The van der Waals surface area contributed by atoms with E-state index in [4.69, 9.17) is 21.1 Å². The van der Waals surface area contributed by atoms with E-state index in [1.165, 1.54) is 26.1 Å². The van der Waals surface area contributed by atoms with Gasteiger partial charge in [0.2, 0.25) is 0 Å². The van der Waals surface area contributed by atoms with Crippen molar-refractivity contribution in [2.75, 3.05) is 25.6 Å². The number of hydrogen-bond acceptors (Lipinski definition) is 7. The fourth-order valence-electron chi connectivity index (χ4n) is 5.16. The van der Waals surface area contributed by atoms with Crippen LogP contribution in [0, 0.1) is 13.8 Å². The van der Waals surface area contributed by atoms with E-state index in [1.807, 2.05) is 26.0 Å². The molecular weight excluding hydrogens is 530 g/mol. The van der Waals surface area contributed by atoms with Crippen molar-refractivity contribution in [1.29, 1.82) is 0 Å². The van der Waals surface area contributed by atoms with Gasteiger partial charge in [0.25, 0.3) is 11.5 Å². The van der Waals surface area contributed by atoms with Gasteiger partial charge in [-0.1, -0.05) is 47.3 Å². The number of amides is 1. The van der Waals surface area contributed by atoms with Gasteiger partial charge in [0, 0.05) is 17.6 Å². The number of aryl methyl sites for hydroxylation is 2. The summed E-state index contributed by atoms with van der Waals surface area (Å²) in [4.78, 5) is 37.8. The highest BCUT2D eigenvalue weighted by Gasteiger charge is 2.22. The molecule has 2 aromatic carbocycles. The number of ether oxygens (including phenoxy) is 2. The number of methoxy groups -OCH3 is 1. The molecule has 1 fully saturated rings. The molecular formula is C30H32ClN5O4. The number of H-pyrrole nitrogens is 1. The highest BCUT2D eigenvalue weighted by atomic mass is 35.5. The Morgan fingerprint density at radius 3 is 2.67 bits per heavy atom. The van der Waals surface area contributed by atoms with E-state index in [2.05, 4.69) is 31.7 Å². The third-order valence-electron chi connectivity index (χ3n) is 6.99. The lowest BCUT2D eigenvalue weighted by Gasteiger charge is -2.24. The number of aromatic amines is 1. The number of nitrogens with one attached hydrogen (secondary N) is 3. The Balaban J connectivity index is 1.58. The van der Waals surface area contributed by atoms with Crippen LogP contribution < -0.4 is 25.7 Å². The van der Waals surface area contributed by atoms with Crippen LogP contribution in [0.5, 0.6) is 11.8 Å². The predicted molar refractivity (Wildman–Crippen MR) is 157 cm³/mol. The summed E-state index contributed by atoms with van der Waals surface area (Å²) in [6.07, 6.45) is 5.75. The van der Waals surface area contributed by atoms with Crippen molar-refractivity contribution in [3.8, 4) is 22.9 Å². The largest absolute Gasteiger partial charge is 0.492 e. The van der Waals surface area contributed by atoms with Gasteiger partial charge < -0.3 is 25.1 Å². The normalized spacial score (nSPS) is 15.2. The average Bonchev–Trinajstić information content (AvgIpc) is 2.92. The number of nitrogens with zero attached hydrogens (tertiary/aromatic N) is 2. The molecule has 10 heteroatoms. The third-order valence-corrected chi connectivity index (χ3v) is 7.30. The molecule has 5 rings (SSSR count). The van der Waals surface area contributed by atoms with Crippen LogP contribution in [0.4, 0.5) is 5.82 Å². The monoisotopic (exact) mass is 561 g/mol. The smallest absolute Gasteiger partial charge is 0.318 e. The molecule has 4 aromatic rings. The van der Waals surface area contributed by atoms with Gasteiger partial charge in [0.05, 0.1) is 35.4 Å². The van der Waals surface area contributed by atoms with Crippen LogP contribution in [0.1, 0.15) is 47.2 Å². The van der Waals surface area contributed by atoms with Gasteiger partial charge in [0.1, 0.15) is 11.6 Å². The lowest BCUT2D eigenvalue weighted by atomic mass is 9.98. The number of benzene rings is 2. The molecule has 1 amide bonds. The van der Waals surface area contributed by atoms with Gasteiger partial charge in [-0.05, 0) is 63.4 Å². The molecule has 1 saturated heterocycles. The lowest BCUT2D eigenvalue weighted by Crippen LogP contribution is -2.35. The fourth-order valence-corrected chi connectivity index (χ4v) is 5.41. The zero-order valence-electron chi connectivity index (χ0n) is 22.8. The van der Waals surface area contributed by atoms with Crippen LogP contribution in [-0.4, -0.2) is 47.2 Å². The van der Waals surface area contributed by atoms with E-state index >= 15 is 0 Å². The number of halogens is 1. The number of rotatable bonds is 8. The molecule has 0 saturated carbocycles. The minimum Gasteiger partial charge on any atom is -0.492 e. The predicted octanol–water partition coefficient (Wildman–Crippen LogP) is 5.43. The van der Waals surface area contributed by atoms with Crippen molar-refractivity contribution in [1.82, 2.24) is 20.3 Å². The second-order valence-electron chi connectivity index (χ2n) is 10.1. The summed E-state index contributed by atoms with van der Waals surface area (Å²) in [5, 5.41) is 7.04. The summed E-state index contributed by atoms with van der Waals surface area (Å²) in [5.41, 5.74) is 3.64. The van der Waals surface area contributed by atoms with Crippen LogP contribution >= 0.6 is 11.6 Å². The first-order valence-corrected chi connectivity index (χ1v) is 13.7. The van der Waals surface area contributed by atoms with Crippen LogP contribution in [0.3, 0.4) is 0 Å². The van der Waals surface area contributed by atoms with Crippen LogP contribution in [0.25, 0.3) is 22.0 Å². The zero-order valence-corrected chi connectivity index (χ0v) is 23.5. The molecule has 0 aliphatic carbocycles. The maximum atomic E-state index is 13.5. The Labute approximate surface area is 237 Å². The van der Waals surface area contributed by atoms with Crippen molar-refractivity contribution in [2.45, 2.75) is 45.6 Å². The molecule has 9 nitrogen and oxygen atoms in total. The van der Waals surface area contributed by atoms with Crippen molar-refractivity contribution >= 4 is 34.2 Å². The number of aromatic nitrogens is 3. The summed E-state index contributed by atoms with van der Waals surface area (Å²) in [5.74, 6) is 0.222. The van der Waals surface area contributed by atoms with Gasteiger partial charge in [-0.25, -0.2) is 4.98 Å². The molecule has 1 atom stereocenters. The van der Waals surface area contributed by atoms with E-state index in [0.717, 1.165) is 36.1 Å². The van der Waals surface area contributed by atoms with Gasteiger partial charge in [-0.15, -0.1) is 0 Å². The Hall–Kier alpha value is -3.95. The SMILES string of the molecule is COc1nccc(NC(=O)c2cc3c(OCCC4CCCCN4)c(-c4cc(C)cc(C)c4)c(=O)[nH]c3cc2Cl)n1. The van der Waals surface area contributed by atoms with Crippen molar-refractivity contribution in [2.24, 2.45) is 0 Å². The number of fused-ring (bicyclic) bond motifs is 1. The summed E-state index contributed by atoms with van der Waals surface area (Å²) >= 11 is 6.54. The van der Waals surface area contributed by atoms with E-state index in [0.29, 0.717) is 34.9 Å². The van der Waals surface area contributed by atoms with Crippen molar-refractivity contribution < 1.29 is 14.3 Å². The number of hydrogen-bond donors (Lipinski definition) is 3. The molecule has 1 aliphatic heterocycles. The van der Waals surface area contributed by atoms with E-state index < -0.39 is 5.91 Å². The molecule has 40 heavy (non-hydrogen) atoms. The van der Waals surface area contributed by atoms with Gasteiger partial charge in [-0.3, -0.25) is 9.59 Å². The fraction of sp³-hybridized carbons (Fsp3) is 0.333. The van der Waals surface area contributed by atoms with Gasteiger partial charge in [-0.2, -0.15) is 4.98 Å². The van der Waals surface area contributed by atoms with Gasteiger partial charge >= 0.3 is 6.01 Å². The topological polar surface area (TPSA) is 118 Å². The number of anilines is 1. The number of carbonyl (C=O) groups excluding carboxylic acids is 1. The molecule has 1 aliphatic rings. The molecule has 3 heterocycles. The van der Waals surface area contributed by atoms with E-state index in [1.54, 1.807) is 18.2 Å². The Morgan fingerprint density at radius 1 is 1.15 bits per heavy atom. The number of piperidine rings is 1. The second kappa shape index (κ2) is 12.1. The Bertz CT molecular complexity index is 1590. The lowest BCUT2D eigenvalue weighted by molar-refractivity contribution is 0.102. The number of pyridine rings is 1. The standard InChI is InChI=1S/C30H32ClN5O4/c1-17-12-18(2)14-19(13-17)26-27(40-11-8-20-6-4-5-9-32-20)22-15-21(23(31)16-24(22)34-29(26)38)28(37)35-25-7-10-33-30(36-25)39-3/h7,10,12-16,20,32H,4-6,8-9,11H2,1-3H3,(H,34,38)(H,33,35,36,37). The average molecular weight is 562 g/mol. The summed E-state index contributed by atoms with van der Waals surface area (Å²) in [7, 11) is 1.45. The zero-order chi connectivity index (χ0) is 28.2. The molecule has 208 valence electrons. The molecule has 0 radical (unpaired) electrons. The first-order chi connectivity index (χ1) is 19.3. The first kappa shape index (κ1) is 27.6.